The van der Waals surface area contributed by atoms with E-state index in [4.69, 9.17) is 0 Å². The van der Waals surface area contributed by atoms with Crippen molar-refractivity contribution in [2.24, 2.45) is 0 Å². The third kappa shape index (κ3) is 2.25. The normalized spacial score (nSPS) is 24.7. The third-order valence-electron chi connectivity index (χ3n) is 0.964. The Morgan fingerprint density at radius 3 is 2.18 bits per heavy atom. The SMILES string of the molecule is C1=C[N]2[Cu][N]2S1.c1ccsc1. The number of nitrogens with zero attached hydrogens (tertiary/aromatic N) is 2. The van der Waals surface area contributed by atoms with E-state index < -0.39 is 0 Å². The first-order valence-electron chi connectivity index (χ1n) is 2.95. The molecule has 63 valence electrons. The van der Waals surface area contributed by atoms with Crippen LogP contribution >= 0.6 is 23.3 Å². The molecule has 0 aliphatic carbocycles. The van der Waals surface area contributed by atoms with Crippen molar-refractivity contribution in [2.45, 2.75) is 0 Å². The molecule has 2 aliphatic heterocycles. The molecule has 5 heteroatoms. The predicted molar refractivity (Wildman–Crippen MR) is 44.7 cm³/mol. The van der Waals surface area contributed by atoms with Gasteiger partial charge in [0.15, 0.2) is 0 Å². The van der Waals surface area contributed by atoms with E-state index in [0.717, 1.165) is 0 Å². The van der Waals surface area contributed by atoms with Gasteiger partial charge in [0.2, 0.25) is 0 Å². The van der Waals surface area contributed by atoms with Crippen molar-refractivity contribution < 1.29 is 15.4 Å². The average molecular weight is 234 g/mol. The van der Waals surface area contributed by atoms with Crippen LogP contribution in [0.15, 0.2) is 34.5 Å². The maximum Gasteiger partial charge on any atom is -0.00934 e. The van der Waals surface area contributed by atoms with Gasteiger partial charge in [0, 0.05) is 0 Å². The van der Waals surface area contributed by atoms with Gasteiger partial charge in [-0.2, -0.15) is 11.3 Å². The molecule has 0 amide bonds. The number of hydrazine groups is 1. The Bertz CT molecular complexity index is 220. The molecule has 2 aliphatic rings. The van der Waals surface area contributed by atoms with E-state index in [1.165, 1.54) is 0 Å². The molecule has 0 aromatic carbocycles. The zero-order valence-corrected chi connectivity index (χ0v) is 8.05. The van der Waals surface area contributed by atoms with Crippen LogP contribution < -0.4 is 0 Å². The van der Waals surface area contributed by atoms with E-state index in [1.807, 2.05) is 38.5 Å². The van der Waals surface area contributed by atoms with Crippen LogP contribution in [-0.4, -0.2) is 7.46 Å². The Labute approximate surface area is 80.6 Å². The Morgan fingerprint density at radius 2 is 2.00 bits per heavy atom. The van der Waals surface area contributed by atoms with Gasteiger partial charge in [-0.1, -0.05) is 12.1 Å². The van der Waals surface area contributed by atoms with Crippen molar-refractivity contribution in [3.05, 3.63) is 34.5 Å². The van der Waals surface area contributed by atoms with E-state index in [0.29, 0.717) is 0 Å². The number of hydrogen-bond acceptors (Lipinski definition) is 4. The Balaban J connectivity index is 0.0000000893. The molecule has 1 saturated heterocycles. The van der Waals surface area contributed by atoms with Crippen LogP contribution in [0.5, 0.6) is 0 Å². The monoisotopic (exact) mass is 233 g/mol. The Hall–Kier alpha value is 0.0695. The van der Waals surface area contributed by atoms with Crippen LogP contribution in [0.25, 0.3) is 0 Å². The Morgan fingerprint density at radius 1 is 1.18 bits per heavy atom. The van der Waals surface area contributed by atoms with E-state index in [9.17, 15) is 0 Å². The summed E-state index contributed by atoms with van der Waals surface area (Å²) in [6, 6.07) is 4.04. The zero-order chi connectivity index (χ0) is 7.52. The van der Waals surface area contributed by atoms with Crippen LogP contribution in [0.2, 0.25) is 0 Å². The molecule has 2 nitrogen and oxygen atoms in total. The molecule has 0 N–H and O–H groups in total. The van der Waals surface area contributed by atoms with E-state index in [-0.39, 0.29) is 0 Å². The summed E-state index contributed by atoms with van der Waals surface area (Å²) in [6.45, 7) is 0. The second-order valence-electron chi connectivity index (χ2n) is 1.69. The molecule has 11 heavy (non-hydrogen) atoms. The average Bonchev–Trinajstić information content (AvgIpc) is 2.62. The maximum atomic E-state index is 2.07. The summed E-state index contributed by atoms with van der Waals surface area (Å²) in [4.78, 5) is 0. The number of fused-ring (bicyclic) bond motifs is 1. The first-order valence-corrected chi connectivity index (χ1v) is 5.57. The van der Waals surface area contributed by atoms with Crippen molar-refractivity contribution in [2.75, 3.05) is 0 Å². The van der Waals surface area contributed by atoms with Crippen LogP contribution in [-0.2, 0) is 15.4 Å². The fraction of sp³-hybridized carbons (Fsp3) is 0. The number of rotatable bonds is 0. The molecular formula is C6H6CuN2S2. The van der Waals surface area contributed by atoms with Crippen LogP contribution in [0.4, 0.5) is 0 Å². The van der Waals surface area contributed by atoms with Gasteiger partial charge in [0.1, 0.15) is 0 Å². The summed E-state index contributed by atoms with van der Waals surface area (Å²) >= 11 is 5.22. The molecule has 1 aromatic heterocycles. The van der Waals surface area contributed by atoms with E-state index in [1.54, 1.807) is 38.7 Å². The summed E-state index contributed by atoms with van der Waals surface area (Å²) in [5, 5.41) is 6.13. The van der Waals surface area contributed by atoms with Gasteiger partial charge in [-0.15, -0.1) is 0 Å². The van der Waals surface area contributed by atoms with Gasteiger partial charge in [0.05, 0.1) is 0 Å². The van der Waals surface area contributed by atoms with Gasteiger partial charge < -0.3 is 0 Å². The minimum atomic E-state index is 1.71. The van der Waals surface area contributed by atoms with Crippen molar-refractivity contribution in [3.8, 4) is 0 Å². The molecule has 0 bridgehead atoms. The topological polar surface area (TPSA) is 6.02 Å². The number of hydrogen-bond donors (Lipinski definition) is 0. The summed E-state index contributed by atoms with van der Waals surface area (Å²) in [7, 11) is 0. The van der Waals surface area contributed by atoms with Crippen LogP contribution in [0.3, 0.4) is 0 Å². The molecular weight excluding hydrogens is 228 g/mol. The Kier molecular flexibility index (Phi) is 2.55. The third-order valence-corrected chi connectivity index (χ3v) is 3.49. The second kappa shape index (κ2) is 3.65. The summed E-state index contributed by atoms with van der Waals surface area (Å²) < 4.78 is 4.12. The fourth-order valence-electron chi connectivity index (χ4n) is 0.509. The molecule has 0 radical (unpaired) electrons. The predicted octanol–water partition coefficient (Wildman–Crippen LogP) is 2.31. The molecule has 1 aromatic rings. The van der Waals surface area contributed by atoms with Crippen LogP contribution in [0.1, 0.15) is 0 Å². The smallest absolute Gasteiger partial charge is 0.00934 e. The fourth-order valence-corrected chi connectivity index (χ4v) is 2.44. The molecule has 0 spiro atoms. The molecule has 3 heterocycles. The maximum absolute atomic E-state index is 2.07. The van der Waals surface area contributed by atoms with Crippen LogP contribution in [0, 0.1) is 0 Å². The standard InChI is InChI=1S/C4H4S.C2H2N2S.Cu/c1-2-4-5-3-1;1-2-5-4-3-1;/h1-4H;1-2H;/q;-2;+2. The largest absolute Gasteiger partial charge is 0.152 e. The summed E-state index contributed by atoms with van der Waals surface area (Å²) in [5.74, 6) is 0. The van der Waals surface area contributed by atoms with Crippen molar-refractivity contribution in [3.63, 3.8) is 0 Å². The molecule has 3 rings (SSSR count). The number of thiophene rings is 1. The molecule has 1 unspecified atom stereocenters. The van der Waals surface area contributed by atoms with Gasteiger partial charge in [-0.3, -0.25) is 0 Å². The van der Waals surface area contributed by atoms with Gasteiger partial charge in [0.25, 0.3) is 0 Å². The zero-order valence-electron chi connectivity index (χ0n) is 5.48. The van der Waals surface area contributed by atoms with Gasteiger partial charge in [-0.25, -0.2) is 0 Å². The van der Waals surface area contributed by atoms with Crippen molar-refractivity contribution in [1.82, 2.24) is 7.46 Å². The summed E-state index contributed by atoms with van der Waals surface area (Å²) in [6.07, 6.45) is 2.03. The van der Waals surface area contributed by atoms with Crippen molar-refractivity contribution >= 4 is 23.3 Å². The first-order chi connectivity index (χ1) is 5.47. The van der Waals surface area contributed by atoms with Gasteiger partial charge in [-0.05, 0) is 10.8 Å². The van der Waals surface area contributed by atoms with Crippen molar-refractivity contribution in [1.29, 1.82) is 0 Å². The molecule has 1 atom stereocenters. The molecule has 0 saturated carbocycles. The molecule has 1 fully saturated rings. The minimum absolute atomic E-state index is 1.71. The van der Waals surface area contributed by atoms with E-state index >= 15 is 0 Å². The van der Waals surface area contributed by atoms with Gasteiger partial charge >= 0.3 is 46.4 Å². The van der Waals surface area contributed by atoms with E-state index in [2.05, 4.69) is 3.43 Å². The quantitative estimate of drug-likeness (QED) is 0.386. The second-order valence-corrected chi connectivity index (χ2v) is 4.59. The first kappa shape index (κ1) is 7.70. The minimum Gasteiger partial charge on any atom is -0.152 e. The summed E-state index contributed by atoms with van der Waals surface area (Å²) in [5.41, 5.74) is 0.